The molecule has 33 heavy (non-hydrogen) atoms. The number of para-hydroxylation sites is 1. The lowest BCUT2D eigenvalue weighted by Crippen LogP contribution is -2.59. The SMILES string of the molecule is CN(CCCc1c(C(F)(F)F)ccc2c1Nc1ccccc1S2)C12CC3CC(CC(C3)C1)C2. The fourth-order valence-corrected chi connectivity index (χ4v) is 8.57. The Morgan fingerprint density at radius 2 is 1.64 bits per heavy atom. The second kappa shape index (κ2) is 7.94. The lowest BCUT2D eigenvalue weighted by Gasteiger charge is -2.60. The molecule has 0 amide bonds. The molecule has 2 aromatic carbocycles. The number of fused-ring (bicyclic) bond motifs is 2. The Morgan fingerprint density at radius 1 is 0.970 bits per heavy atom. The molecule has 1 N–H and O–H groups in total. The molecule has 0 unspecified atom stereocenters. The van der Waals surface area contributed by atoms with E-state index in [1.165, 1.54) is 44.6 Å². The topological polar surface area (TPSA) is 15.3 Å². The van der Waals surface area contributed by atoms with Crippen LogP contribution < -0.4 is 5.32 Å². The smallest absolute Gasteiger partial charge is 0.353 e. The molecule has 0 saturated heterocycles. The van der Waals surface area contributed by atoms with Crippen LogP contribution in [0.5, 0.6) is 0 Å². The van der Waals surface area contributed by atoms with Crippen molar-refractivity contribution in [2.75, 3.05) is 18.9 Å². The number of halogens is 3. The van der Waals surface area contributed by atoms with E-state index in [1.54, 1.807) is 17.8 Å². The maximum atomic E-state index is 14.0. The Hall–Kier alpha value is -1.66. The minimum atomic E-state index is -4.35. The molecule has 1 aliphatic heterocycles. The third kappa shape index (κ3) is 3.87. The summed E-state index contributed by atoms with van der Waals surface area (Å²) < 4.78 is 41.9. The van der Waals surface area contributed by atoms with Crippen molar-refractivity contribution in [2.45, 2.75) is 72.9 Å². The second-order valence-corrected chi connectivity index (χ2v) is 11.9. The molecule has 0 aromatic heterocycles. The van der Waals surface area contributed by atoms with E-state index in [-0.39, 0.29) is 0 Å². The molecule has 5 aliphatic rings. The number of nitrogens with zero attached hydrogens (tertiary/aromatic N) is 1. The molecular weight excluding hydrogens is 441 g/mol. The quantitative estimate of drug-likeness (QED) is 0.409. The maximum Gasteiger partial charge on any atom is 0.416 e. The summed E-state index contributed by atoms with van der Waals surface area (Å²) in [5.41, 5.74) is 1.75. The Balaban J connectivity index is 1.22. The van der Waals surface area contributed by atoms with Crippen molar-refractivity contribution in [1.82, 2.24) is 4.90 Å². The van der Waals surface area contributed by atoms with Gasteiger partial charge in [-0.25, -0.2) is 0 Å². The number of hydrogen-bond acceptors (Lipinski definition) is 3. The van der Waals surface area contributed by atoms with Crippen LogP contribution in [-0.2, 0) is 12.6 Å². The molecule has 1 heterocycles. The van der Waals surface area contributed by atoms with Gasteiger partial charge in [0.25, 0.3) is 0 Å². The number of nitrogens with one attached hydrogen (secondary N) is 1. The van der Waals surface area contributed by atoms with E-state index < -0.39 is 11.7 Å². The molecule has 6 heteroatoms. The predicted molar refractivity (Wildman–Crippen MR) is 127 cm³/mol. The second-order valence-electron chi connectivity index (χ2n) is 10.9. The molecule has 176 valence electrons. The van der Waals surface area contributed by atoms with Crippen LogP contribution in [0.4, 0.5) is 24.5 Å². The van der Waals surface area contributed by atoms with Crippen LogP contribution in [0.3, 0.4) is 0 Å². The van der Waals surface area contributed by atoms with E-state index in [4.69, 9.17) is 0 Å². The van der Waals surface area contributed by atoms with Crippen molar-refractivity contribution in [2.24, 2.45) is 17.8 Å². The molecule has 4 bridgehead atoms. The van der Waals surface area contributed by atoms with Crippen molar-refractivity contribution < 1.29 is 13.2 Å². The molecule has 2 nitrogen and oxygen atoms in total. The highest BCUT2D eigenvalue weighted by Crippen LogP contribution is 2.57. The first-order chi connectivity index (χ1) is 15.8. The molecule has 0 radical (unpaired) electrons. The first kappa shape index (κ1) is 21.8. The molecule has 4 fully saturated rings. The zero-order chi connectivity index (χ0) is 22.8. The van der Waals surface area contributed by atoms with Gasteiger partial charge < -0.3 is 10.2 Å². The zero-order valence-electron chi connectivity index (χ0n) is 19.0. The molecule has 7 rings (SSSR count). The Labute approximate surface area is 198 Å². The van der Waals surface area contributed by atoms with Crippen molar-refractivity contribution in [3.63, 3.8) is 0 Å². The van der Waals surface area contributed by atoms with Gasteiger partial charge in [0.2, 0.25) is 0 Å². The van der Waals surface area contributed by atoms with Crippen molar-refractivity contribution >= 4 is 23.1 Å². The van der Waals surface area contributed by atoms with Gasteiger partial charge >= 0.3 is 6.18 Å². The standard InChI is InChI=1S/C27H31F3N2S/c1-32(26-14-17-11-18(15-26)13-19(12-17)16-26)10-4-5-20-21(27(28,29)30)8-9-24-25(20)31-22-6-2-3-7-23(22)33-24/h2-3,6-9,17-19,31H,4-5,10-16H2,1H3. The highest BCUT2D eigenvalue weighted by atomic mass is 32.2. The first-order valence-corrected chi connectivity index (χ1v) is 13.1. The van der Waals surface area contributed by atoms with Crippen LogP contribution in [0.1, 0.15) is 56.1 Å². The lowest BCUT2D eigenvalue weighted by atomic mass is 9.52. The fourth-order valence-electron chi connectivity index (χ4n) is 7.55. The number of benzene rings is 2. The molecule has 2 aromatic rings. The summed E-state index contributed by atoms with van der Waals surface area (Å²) in [4.78, 5) is 4.46. The summed E-state index contributed by atoms with van der Waals surface area (Å²) in [6.45, 7) is 0.858. The van der Waals surface area contributed by atoms with E-state index >= 15 is 0 Å². The highest BCUT2D eigenvalue weighted by Gasteiger charge is 2.52. The molecule has 4 saturated carbocycles. The van der Waals surface area contributed by atoms with E-state index in [2.05, 4.69) is 17.3 Å². The number of anilines is 2. The number of hydrogen-bond donors (Lipinski definition) is 1. The summed E-state index contributed by atoms with van der Waals surface area (Å²) in [5.74, 6) is 2.62. The molecule has 4 aliphatic carbocycles. The van der Waals surface area contributed by atoms with Crippen molar-refractivity contribution in [3.05, 3.63) is 47.5 Å². The summed E-state index contributed by atoms with van der Waals surface area (Å²) >= 11 is 1.55. The van der Waals surface area contributed by atoms with Gasteiger partial charge in [-0.15, -0.1) is 0 Å². The minimum Gasteiger partial charge on any atom is -0.353 e. The summed E-state index contributed by atoms with van der Waals surface area (Å²) in [7, 11) is 2.22. The van der Waals surface area contributed by atoms with Crippen LogP contribution in [-0.4, -0.2) is 24.0 Å². The fraction of sp³-hybridized carbons (Fsp3) is 0.556. The monoisotopic (exact) mass is 472 g/mol. The van der Waals surface area contributed by atoms with E-state index in [9.17, 15) is 13.2 Å². The summed E-state index contributed by atoms with van der Waals surface area (Å²) in [6, 6.07) is 10.7. The normalized spacial score (nSPS) is 29.7. The van der Waals surface area contributed by atoms with Crippen LogP contribution in [0, 0.1) is 17.8 Å². The van der Waals surface area contributed by atoms with Gasteiger partial charge in [0.15, 0.2) is 0 Å². The number of alkyl halides is 3. The van der Waals surface area contributed by atoms with Crippen LogP contribution in [0.15, 0.2) is 46.2 Å². The third-order valence-electron chi connectivity index (χ3n) is 8.68. The van der Waals surface area contributed by atoms with Gasteiger partial charge in [-0.1, -0.05) is 23.9 Å². The first-order valence-electron chi connectivity index (χ1n) is 12.3. The van der Waals surface area contributed by atoms with Crippen molar-refractivity contribution in [1.29, 1.82) is 0 Å². The third-order valence-corrected chi connectivity index (χ3v) is 9.82. The van der Waals surface area contributed by atoms with Gasteiger partial charge in [0, 0.05) is 15.3 Å². The summed E-state index contributed by atoms with van der Waals surface area (Å²) in [6.07, 6.45) is 4.92. The number of rotatable bonds is 5. The average molecular weight is 473 g/mol. The van der Waals surface area contributed by atoms with E-state index in [1.807, 2.05) is 24.3 Å². The molecule has 0 atom stereocenters. The van der Waals surface area contributed by atoms with Gasteiger partial charge in [0.05, 0.1) is 16.9 Å². The van der Waals surface area contributed by atoms with E-state index in [0.717, 1.165) is 46.2 Å². The maximum absolute atomic E-state index is 14.0. The predicted octanol–water partition coefficient (Wildman–Crippen LogP) is 7.75. The molecule has 0 spiro atoms. The minimum absolute atomic E-state index is 0.296. The van der Waals surface area contributed by atoms with Gasteiger partial charge in [0.1, 0.15) is 0 Å². The largest absolute Gasteiger partial charge is 0.416 e. The van der Waals surface area contributed by atoms with Gasteiger partial charge in [-0.05, 0) is 113 Å². The van der Waals surface area contributed by atoms with Crippen molar-refractivity contribution in [3.8, 4) is 0 Å². The lowest BCUT2D eigenvalue weighted by molar-refractivity contribution is -0.138. The van der Waals surface area contributed by atoms with E-state index in [0.29, 0.717) is 23.2 Å². The summed E-state index contributed by atoms with van der Waals surface area (Å²) in [5, 5.41) is 3.33. The van der Waals surface area contributed by atoms with Crippen LogP contribution in [0.2, 0.25) is 0 Å². The van der Waals surface area contributed by atoms with Crippen LogP contribution in [0.25, 0.3) is 0 Å². The average Bonchev–Trinajstić information content (AvgIpc) is 2.76. The Kier molecular flexibility index (Phi) is 5.26. The Morgan fingerprint density at radius 3 is 2.30 bits per heavy atom. The molecular formula is C27H31F3N2S. The highest BCUT2D eigenvalue weighted by molar-refractivity contribution is 7.99. The Bertz CT molecular complexity index is 1030. The van der Waals surface area contributed by atoms with Gasteiger partial charge in [-0.2, -0.15) is 13.2 Å². The van der Waals surface area contributed by atoms with Gasteiger partial charge in [-0.3, -0.25) is 0 Å². The zero-order valence-corrected chi connectivity index (χ0v) is 19.9. The van der Waals surface area contributed by atoms with Crippen LogP contribution >= 0.6 is 11.8 Å².